The van der Waals surface area contributed by atoms with E-state index >= 15 is 0 Å². The van der Waals surface area contributed by atoms with E-state index < -0.39 is 0 Å². The van der Waals surface area contributed by atoms with Gasteiger partial charge in [0.15, 0.2) is 5.13 Å². The van der Waals surface area contributed by atoms with Crippen LogP contribution in [0.4, 0.5) is 5.13 Å². The summed E-state index contributed by atoms with van der Waals surface area (Å²) in [4.78, 5) is 22.2. The van der Waals surface area contributed by atoms with Crippen LogP contribution in [0, 0.1) is 0 Å². The first-order chi connectivity index (χ1) is 14.2. The van der Waals surface area contributed by atoms with Crippen molar-refractivity contribution in [2.75, 3.05) is 38.2 Å². The largest absolute Gasteiger partial charge is 0.494 e. The lowest BCUT2D eigenvalue weighted by Gasteiger charge is -2.34. The van der Waals surface area contributed by atoms with Gasteiger partial charge in [0.2, 0.25) is 0 Å². The second kappa shape index (κ2) is 7.37. The zero-order chi connectivity index (χ0) is 19.8. The molecule has 0 saturated carbocycles. The Morgan fingerprint density at radius 2 is 1.72 bits per heavy atom. The van der Waals surface area contributed by atoms with Crippen molar-refractivity contribution in [1.29, 1.82) is 0 Å². The average Bonchev–Trinajstić information content (AvgIpc) is 3.23. The predicted octanol–water partition coefficient (Wildman–Crippen LogP) is 4.42. The van der Waals surface area contributed by atoms with Crippen molar-refractivity contribution in [3.8, 4) is 5.75 Å². The van der Waals surface area contributed by atoms with Crippen LogP contribution in [0.3, 0.4) is 0 Å². The normalized spacial score (nSPS) is 14.5. The maximum atomic E-state index is 13.2. The summed E-state index contributed by atoms with van der Waals surface area (Å²) in [6, 6.07) is 20.0. The molecule has 0 atom stereocenters. The predicted molar refractivity (Wildman–Crippen MR) is 118 cm³/mol. The van der Waals surface area contributed by atoms with Crippen molar-refractivity contribution in [2.45, 2.75) is 0 Å². The molecule has 1 saturated heterocycles. The maximum absolute atomic E-state index is 13.2. The van der Waals surface area contributed by atoms with E-state index in [4.69, 9.17) is 9.72 Å². The fraction of sp³-hybridized carbons (Fsp3) is 0.217. The molecule has 29 heavy (non-hydrogen) atoms. The molecule has 146 valence electrons. The molecule has 1 fully saturated rings. The number of ether oxygens (including phenoxy) is 1. The molecule has 0 N–H and O–H groups in total. The smallest absolute Gasteiger partial charge is 0.254 e. The lowest BCUT2D eigenvalue weighted by atomic mass is 10.0. The maximum Gasteiger partial charge on any atom is 0.254 e. The first kappa shape index (κ1) is 17.9. The van der Waals surface area contributed by atoms with Gasteiger partial charge in [-0.1, -0.05) is 53.8 Å². The van der Waals surface area contributed by atoms with Crippen LogP contribution < -0.4 is 9.64 Å². The minimum atomic E-state index is 0.104. The van der Waals surface area contributed by atoms with Crippen molar-refractivity contribution in [1.82, 2.24) is 9.88 Å². The summed E-state index contributed by atoms with van der Waals surface area (Å²) in [7, 11) is 1.67. The molecule has 3 aromatic carbocycles. The molecular formula is C23H21N3O2S. The zero-order valence-electron chi connectivity index (χ0n) is 16.2. The van der Waals surface area contributed by atoms with Gasteiger partial charge in [0, 0.05) is 31.7 Å². The molecule has 0 bridgehead atoms. The Bertz CT molecular complexity index is 1190. The molecule has 1 aromatic heterocycles. The lowest BCUT2D eigenvalue weighted by Crippen LogP contribution is -2.48. The van der Waals surface area contributed by atoms with E-state index in [9.17, 15) is 4.79 Å². The molecule has 0 unspecified atom stereocenters. The van der Waals surface area contributed by atoms with E-state index in [0.717, 1.165) is 50.5 Å². The van der Waals surface area contributed by atoms with Gasteiger partial charge in [0.05, 0.1) is 11.8 Å². The Kier molecular flexibility index (Phi) is 4.56. The lowest BCUT2D eigenvalue weighted by molar-refractivity contribution is 0.0749. The number of amides is 1. The number of para-hydroxylation sites is 1. The summed E-state index contributed by atoms with van der Waals surface area (Å²) in [5.41, 5.74) is 1.69. The fourth-order valence-electron chi connectivity index (χ4n) is 3.89. The topological polar surface area (TPSA) is 45.7 Å². The zero-order valence-corrected chi connectivity index (χ0v) is 17.0. The third-order valence-corrected chi connectivity index (χ3v) is 6.53. The van der Waals surface area contributed by atoms with Gasteiger partial charge in [-0.05, 0) is 29.0 Å². The Morgan fingerprint density at radius 3 is 2.55 bits per heavy atom. The summed E-state index contributed by atoms with van der Waals surface area (Å²) in [5.74, 6) is 0.905. The first-order valence-electron chi connectivity index (χ1n) is 9.70. The number of hydrogen-bond donors (Lipinski definition) is 0. The number of benzene rings is 3. The van der Waals surface area contributed by atoms with Crippen molar-refractivity contribution >= 4 is 43.4 Å². The van der Waals surface area contributed by atoms with Crippen LogP contribution in [0.25, 0.3) is 21.0 Å². The molecule has 1 amide bonds. The number of hydrogen-bond acceptors (Lipinski definition) is 5. The molecular weight excluding hydrogens is 382 g/mol. The summed E-state index contributed by atoms with van der Waals surface area (Å²) >= 11 is 1.67. The van der Waals surface area contributed by atoms with Crippen LogP contribution in [-0.4, -0.2) is 49.1 Å². The highest BCUT2D eigenvalue weighted by atomic mass is 32.1. The van der Waals surface area contributed by atoms with Crippen LogP contribution in [0.2, 0.25) is 0 Å². The summed E-state index contributed by atoms with van der Waals surface area (Å²) in [5, 5.41) is 3.10. The van der Waals surface area contributed by atoms with Crippen LogP contribution in [-0.2, 0) is 0 Å². The van der Waals surface area contributed by atoms with Gasteiger partial charge in [-0.25, -0.2) is 4.98 Å². The number of fused-ring (bicyclic) bond motifs is 2. The third-order valence-electron chi connectivity index (χ3n) is 5.45. The van der Waals surface area contributed by atoms with Gasteiger partial charge in [0.1, 0.15) is 11.3 Å². The number of nitrogens with zero attached hydrogens (tertiary/aromatic N) is 3. The van der Waals surface area contributed by atoms with E-state index in [0.29, 0.717) is 13.1 Å². The van der Waals surface area contributed by atoms with Crippen molar-refractivity contribution in [3.05, 3.63) is 66.2 Å². The van der Waals surface area contributed by atoms with Crippen LogP contribution in [0.5, 0.6) is 5.75 Å². The first-order valence-corrected chi connectivity index (χ1v) is 10.5. The molecule has 2 heterocycles. The van der Waals surface area contributed by atoms with E-state index in [-0.39, 0.29) is 5.91 Å². The van der Waals surface area contributed by atoms with E-state index in [1.807, 2.05) is 59.5 Å². The number of methoxy groups -OCH3 is 1. The standard InChI is InChI=1S/C23H21N3O2S/c1-28-19-10-5-11-20-21(19)24-23(29-20)26-14-12-25(13-15-26)22(27)18-9-4-7-16-6-2-3-8-17(16)18/h2-11H,12-15H2,1H3. The van der Waals surface area contributed by atoms with Gasteiger partial charge >= 0.3 is 0 Å². The van der Waals surface area contributed by atoms with E-state index in [1.165, 1.54) is 0 Å². The number of piperazine rings is 1. The quantitative estimate of drug-likeness (QED) is 0.508. The molecule has 0 spiro atoms. The van der Waals surface area contributed by atoms with E-state index in [1.54, 1.807) is 18.4 Å². The average molecular weight is 404 g/mol. The number of anilines is 1. The van der Waals surface area contributed by atoms with Crippen molar-refractivity contribution in [2.24, 2.45) is 0 Å². The molecule has 6 heteroatoms. The van der Waals surface area contributed by atoms with Gasteiger partial charge in [-0.2, -0.15) is 0 Å². The number of thiazole rings is 1. The molecule has 5 rings (SSSR count). The Morgan fingerprint density at radius 1 is 0.966 bits per heavy atom. The number of rotatable bonds is 3. The molecule has 1 aliphatic rings. The molecule has 4 aromatic rings. The fourth-order valence-corrected chi connectivity index (χ4v) is 4.93. The summed E-state index contributed by atoms with van der Waals surface area (Å²) in [6.07, 6.45) is 0. The van der Waals surface area contributed by atoms with Gasteiger partial charge in [-0.3, -0.25) is 4.79 Å². The van der Waals surface area contributed by atoms with Crippen molar-refractivity contribution in [3.63, 3.8) is 0 Å². The second-order valence-electron chi connectivity index (χ2n) is 7.11. The summed E-state index contributed by atoms with van der Waals surface area (Å²) in [6.45, 7) is 2.93. The molecule has 1 aliphatic heterocycles. The number of carbonyl (C=O) groups is 1. The molecule has 0 radical (unpaired) electrons. The summed E-state index contributed by atoms with van der Waals surface area (Å²) < 4.78 is 6.55. The van der Waals surface area contributed by atoms with Crippen LogP contribution in [0.15, 0.2) is 60.7 Å². The van der Waals surface area contributed by atoms with Gasteiger partial charge < -0.3 is 14.5 Å². The minimum Gasteiger partial charge on any atom is -0.494 e. The third kappa shape index (κ3) is 3.19. The van der Waals surface area contributed by atoms with Crippen LogP contribution in [0.1, 0.15) is 10.4 Å². The Labute approximate surface area is 173 Å². The Hall–Kier alpha value is -3.12. The van der Waals surface area contributed by atoms with Gasteiger partial charge in [0.25, 0.3) is 5.91 Å². The highest BCUT2D eigenvalue weighted by molar-refractivity contribution is 7.22. The second-order valence-corrected chi connectivity index (χ2v) is 8.12. The SMILES string of the molecule is COc1cccc2sc(N3CCN(C(=O)c4cccc5ccccc45)CC3)nc12. The van der Waals surface area contributed by atoms with E-state index in [2.05, 4.69) is 11.0 Å². The van der Waals surface area contributed by atoms with Crippen LogP contribution >= 0.6 is 11.3 Å². The molecule has 0 aliphatic carbocycles. The number of carbonyl (C=O) groups excluding carboxylic acids is 1. The molecule has 5 nitrogen and oxygen atoms in total. The monoisotopic (exact) mass is 403 g/mol. The number of aromatic nitrogens is 1. The Balaban J connectivity index is 1.34. The highest BCUT2D eigenvalue weighted by Gasteiger charge is 2.25. The highest BCUT2D eigenvalue weighted by Crippen LogP contribution is 2.34. The van der Waals surface area contributed by atoms with Gasteiger partial charge in [-0.15, -0.1) is 0 Å². The van der Waals surface area contributed by atoms with Crippen molar-refractivity contribution < 1.29 is 9.53 Å². The minimum absolute atomic E-state index is 0.104.